The number of benzene rings is 2. The van der Waals surface area contributed by atoms with Gasteiger partial charge < -0.3 is 10.2 Å². The van der Waals surface area contributed by atoms with E-state index in [0.717, 1.165) is 16.7 Å². The summed E-state index contributed by atoms with van der Waals surface area (Å²) in [6.07, 6.45) is 4.28. The molecule has 3 heterocycles. The third-order valence-electron chi connectivity index (χ3n) is 4.63. The quantitative estimate of drug-likeness (QED) is 0.745. The number of nitrogens with zero attached hydrogens (tertiary/aromatic N) is 3. The van der Waals surface area contributed by atoms with E-state index in [-0.39, 0.29) is 11.5 Å². The Morgan fingerprint density at radius 1 is 1.08 bits per heavy atom. The molecule has 2 aromatic rings. The summed E-state index contributed by atoms with van der Waals surface area (Å²) in [5, 5.41) is 32.8. The van der Waals surface area contributed by atoms with Crippen molar-refractivity contribution in [2.75, 3.05) is 11.6 Å². The first-order valence-corrected chi connectivity index (χ1v) is 7.66. The molecule has 118 valence electrons. The summed E-state index contributed by atoms with van der Waals surface area (Å²) in [4.78, 5) is 8.84. The van der Waals surface area contributed by atoms with Crippen molar-refractivity contribution in [1.82, 2.24) is 0 Å². The first kappa shape index (κ1) is 13.3. The van der Waals surface area contributed by atoms with Gasteiger partial charge in [0.25, 0.3) is 0 Å². The van der Waals surface area contributed by atoms with Gasteiger partial charge in [0.1, 0.15) is 16.8 Å². The summed E-state index contributed by atoms with van der Waals surface area (Å²) >= 11 is 0. The van der Waals surface area contributed by atoms with Gasteiger partial charge in [-0.25, -0.2) is 4.99 Å². The zero-order chi connectivity index (χ0) is 16.4. The smallest absolute Gasteiger partial charge is 0.168 e. The normalized spacial score (nSPS) is 16.8. The van der Waals surface area contributed by atoms with Crippen molar-refractivity contribution in [2.45, 2.75) is 6.42 Å². The number of rotatable bonds is 1. The van der Waals surface area contributed by atoms with Gasteiger partial charge >= 0.3 is 0 Å². The van der Waals surface area contributed by atoms with Gasteiger partial charge in [-0.2, -0.15) is 0 Å². The average Bonchev–Trinajstić information content (AvgIpc) is 3.19. The topological polar surface area (TPSA) is 88.7 Å². The van der Waals surface area contributed by atoms with Crippen molar-refractivity contribution in [3.8, 4) is 11.5 Å². The van der Waals surface area contributed by atoms with Crippen molar-refractivity contribution in [3.63, 3.8) is 0 Å². The fraction of sp³-hybridized carbons (Fsp3) is 0.111. The highest BCUT2D eigenvalue weighted by Crippen LogP contribution is 2.37. The predicted molar refractivity (Wildman–Crippen MR) is 89.4 cm³/mol. The molecule has 0 saturated heterocycles. The van der Waals surface area contributed by atoms with Crippen LogP contribution in [0.5, 0.6) is 11.5 Å². The van der Waals surface area contributed by atoms with Gasteiger partial charge in [-0.3, -0.25) is 15.3 Å². The standard InChI is InChI=1S/C18H13N3O3/c22-11-3-1-9(2-4-11)13-7-12-15(20-13)18(23)16-14-10(8-19-16)5-6-21(24)17(12)14/h1-4,7-8,22-24H,5-6H2. The van der Waals surface area contributed by atoms with E-state index in [2.05, 4.69) is 9.98 Å². The molecule has 0 amide bonds. The highest BCUT2D eigenvalue weighted by atomic mass is 16.5. The zero-order valence-corrected chi connectivity index (χ0v) is 12.6. The fourth-order valence-corrected chi connectivity index (χ4v) is 3.47. The minimum atomic E-state index is 0.0373. The predicted octanol–water partition coefficient (Wildman–Crippen LogP) is 1.59. The Kier molecular flexibility index (Phi) is 2.47. The summed E-state index contributed by atoms with van der Waals surface area (Å²) in [6.45, 7) is 0.480. The number of phenolic OH excluding ortho intramolecular Hbond substituents is 2. The summed E-state index contributed by atoms with van der Waals surface area (Å²) in [5.74, 6) is 0.220. The molecule has 0 aromatic heterocycles. The van der Waals surface area contributed by atoms with Crippen LogP contribution >= 0.6 is 0 Å². The van der Waals surface area contributed by atoms with Crippen LogP contribution in [0.15, 0.2) is 40.5 Å². The Morgan fingerprint density at radius 2 is 1.88 bits per heavy atom. The molecule has 6 nitrogen and oxygen atoms in total. The molecule has 3 aliphatic rings. The van der Waals surface area contributed by atoms with Crippen LogP contribution in [0.2, 0.25) is 0 Å². The first-order valence-electron chi connectivity index (χ1n) is 7.66. The number of aliphatic imine (C=N–C) groups is 1. The zero-order valence-electron chi connectivity index (χ0n) is 12.6. The van der Waals surface area contributed by atoms with Crippen LogP contribution in [-0.4, -0.2) is 27.7 Å². The van der Waals surface area contributed by atoms with E-state index >= 15 is 0 Å². The van der Waals surface area contributed by atoms with Crippen molar-refractivity contribution in [2.24, 2.45) is 9.98 Å². The number of phenols is 2. The Hall–Kier alpha value is -3.12. The van der Waals surface area contributed by atoms with Crippen LogP contribution in [0.1, 0.15) is 17.5 Å². The lowest BCUT2D eigenvalue weighted by atomic mass is 9.96. The van der Waals surface area contributed by atoms with Crippen molar-refractivity contribution in [3.05, 3.63) is 52.2 Å². The second kappa shape index (κ2) is 4.46. The Bertz CT molecular complexity index is 1080. The van der Waals surface area contributed by atoms with Crippen LogP contribution in [0, 0.1) is 0 Å². The molecule has 0 atom stereocenters. The molecular weight excluding hydrogens is 306 g/mol. The van der Waals surface area contributed by atoms with E-state index < -0.39 is 0 Å². The molecule has 24 heavy (non-hydrogen) atoms. The summed E-state index contributed by atoms with van der Waals surface area (Å²) in [6, 6.07) is 6.71. The average molecular weight is 319 g/mol. The van der Waals surface area contributed by atoms with Gasteiger partial charge in [0.2, 0.25) is 0 Å². The van der Waals surface area contributed by atoms with E-state index in [1.807, 2.05) is 6.08 Å². The summed E-state index contributed by atoms with van der Waals surface area (Å²) in [7, 11) is 0. The lowest BCUT2D eigenvalue weighted by Gasteiger charge is -2.26. The van der Waals surface area contributed by atoms with Gasteiger partial charge in [0, 0.05) is 29.1 Å². The van der Waals surface area contributed by atoms with Crippen LogP contribution in [0.25, 0.3) is 11.6 Å². The number of aromatic hydroxyl groups is 2. The maximum atomic E-state index is 10.6. The number of hydrogen-bond acceptors (Lipinski definition) is 6. The molecule has 0 spiro atoms. The van der Waals surface area contributed by atoms with Gasteiger partial charge in [0.05, 0.1) is 11.4 Å². The van der Waals surface area contributed by atoms with Gasteiger partial charge in [-0.05, 0) is 42.3 Å². The Balaban J connectivity index is 1.79. The highest BCUT2D eigenvalue weighted by molar-refractivity contribution is 6.25. The second-order valence-electron chi connectivity index (χ2n) is 6.03. The molecule has 5 rings (SSSR count). The molecule has 3 N–H and O–H groups in total. The van der Waals surface area contributed by atoms with E-state index in [0.29, 0.717) is 40.6 Å². The molecule has 6 heteroatoms. The number of anilines is 1. The number of hydrogen-bond donors (Lipinski definition) is 3. The van der Waals surface area contributed by atoms with E-state index in [1.165, 1.54) is 5.06 Å². The lowest BCUT2D eigenvalue weighted by molar-refractivity contribution is 0.253. The monoisotopic (exact) mass is 319 g/mol. The second-order valence-corrected chi connectivity index (χ2v) is 6.03. The third kappa shape index (κ3) is 1.63. The number of fused-ring (bicyclic) bond motifs is 2. The largest absolute Gasteiger partial charge is 0.508 e. The SMILES string of the molecule is Oc1ccc(C2=Nc3c(O)c4c5c(c3=C2)N(O)CCC5=CN=4)cc1. The molecule has 0 aliphatic carbocycles. The lowest BCUT2D eigenvalue weighted by Crippen LogP contribution is -2.33. The number of hydroxylamine groups is 1. The van der Waals surface area contributed by atoms with Crippen LogP contribution in [0.4, 0.5) is 11.4 Å². The molecule has 3 aliphatic heterocycles. The Morgan fingerprint density at radius 3 is 2.67 bits per heavy atom. The maximum absolute atomic E-state index is 10.6. The van der Waals surface area contributed by atoms with Crippen molar-refractivity contribution < 1.29 is 15.4 Å². The molecule has 0 bridgehead atoms. The molecule has 2 aromatic carbocycles. The molecule has 0 radical (unpaired) electrons. The van der Waals surface area contributed by atoms with Crippen molar-refractivity contribution in [1.29, 1.82) is 0 Å². The van der Waals surface area contributed by atoms with Crippen LogP contribution in [-0.2, 0) is 0 Å². The summed E-state index contributed by atoms with van der Waals surface area (Å²) in [5.41, 5.74) is 4.38. The summed E-state index contributed by atoms with van der Waals surface area (Å²) < 4.78 is 0. The third-order valence-corrected chi connectivity index (χ3v) is 4.63. The first-order chi connectivity index (χ1) is 11.6. The van der Waals surface area contributed by atoms with Crippen LogP contribution in [0.3, 0.4) is 0 Å². The molecule has 0 unspecified atom stereocenters. The van der Waals surface area contributed by atoms with Crippen molar-refractivity contribution >= 4 is 28.7 Å². The van der Waals surface area contributed by atoms with E-state index in [1.54, 1.807) is 30.5 Å². The van der Waals surface area contributed by atoms with Gasteiger partial charge in [-0.1, -0.05) is 0 Å². The van der Waals surface area contributed by atoms with Gasteiger partial charge in [0.15, 0.2) is 5.75 Å². The molecule has 0 saturated carbocycles. The van der Waals surface area contributed by atoms with E-state index in [9.17, 15) is 15.4 Å². The maximum Gasteiger partial charge on any atom is 0.168 e. The molecule has 0 fully saturated rings. The highest BCUT2D eigenvalue weighted by Gasteiger charge is 2.31. The van der Waals surface area contributed by atoms with Gasteiger partial charge in [-0.15, -0.1) is 0 Å². The van der Waals surface area contributed by atoms with E-state index in [4.69, 9.17) is 0 Å². The Labute approximate surface area is 136 Å². The minimum Gasteiger partial charge on any atom is -0.508 e. The molecular formula is C18H13N3O3. The minimum absolute atomic E-state index is 0.0373. The fourth-order valence-electron chi connectivity index (χ4n) is 3.47. The van der Waals surface area contributed by atoms with Crippen LogP contribution < -0.4 is 15.6 Å².